The van der Waals surface area contributed by atoms with Crippen LogP contribution in [0, 0.1) is 5.92 Å². The molecule has 2 aliphatic rings. The van der Waals surface area contributed by atoms with E-state index in [1.54, 1.807) is 13.8 Å². The largest absolute Gasteiger partial charge is 0.386 e. The molecule has 0 spiro atoms. The number of nitrogens with zero attached hydrogens (tertiary/aromatic N) is 2. The van der Waals surface area contributed by atoms with Crippen LogP contribution in [0.15, 0.2) is 24.3 Å². The van der Waals surface area contributed by atoms with Gasteiger partial charge in [-0.1, -0.05) is 19.1 Å². The van der Waals surface area contributed by atoms with Crippen LogP contribution < -0.4 is 0 Å². The van der Waals surface area contributed by atoms with Gasteiger partial charge in [0.25, 0.3) is 5.91 Å². The van der Waals surface area contributed by atoms with Crippen LogP contribution in [-0.4, -0.2) is 53.0 Å². The molecule has 1 unspecified atom stereocenters. The molecule has 0 radical (unpaired) electrons. The first-order valence-electron chi connectivity index (χ1n) is 9.71. The second-order valence-corrected chi connectivity index (χ2v) is 8.40. The van der Waals surface area contributed by atoms with Crippen LogP contribution in [0.3, 0.4) is 0 Å². The van der Waals surface area contributed by atoms with E-state index in [4.69, 9.17) is 0 Å². The van der Waals surface area contributed by atoms with Gasteiger partial charge in [-0.15, -0.1) is 0 Å². The van der Waals surface area contributed by atoms with Crippen molar-refractivity contribution in [2.45, 2.75) is 58.1 Å². The van der Waals surface area contributed by atoms with Gasteiger partial charge in [0.1, 0.15) is 0 Å². The highest BCUT2D eigenvalue weighted by Gasteiger charge is 2.29. The molecule has 2 heterocycles. The van der Waals surface area contributed by atoms with Gasteiger partial charge in [-0.05, 0) is 69.7 Å². The number of piperidine rings is 2. The lowest BCUT2D eigenvalue weighted by Gasteiger charge is -2.41. The van der Waals surface area contributed by atoms with Crippen LogP contribution in [0.5, 0.6) is 0 Å². The fourth-order valence-electron chi connectivity index (χ4n) is 4.19. The van der Waals surface area contributed by atoms with Crippen molar-refractivity contribution in [3.63, 3.8) is 0 Å². The van der Waals surface area contributed by atoms with Gasteiger partial charge in [0.2, 0.25) is 0 Å². The molecule has 2 saturated heterocycles. The third kappa shape index (κ3) is 4.42. The van der Waals surface area contributed by atoms with Gasteiger partial charge in [0, 0.05) is 31.2 Å². The molecule has 1 aromatic carbocycles. The van der Waals surface area contributed by atoms with Crippen LogP contribution in [-0.2, 0) is 5.60 Å². The molecule has 1 aromatic rings. The van der Waals surface area contributed by atoms with Gasteiger partial charge in [-0.25, -0.2) is 0 Å². The Labute approximate surface area is 151 Å². The summed E-state index contributed by atoms with van der Waals surface area (Å²) in [6.07, 6.45) is 4.84. The molecule has 1 atom stereocenters. The summed E-state index contributed by atoms with van der Waals surface area (Å²) in [6.45, 7) is 10.0. The van der Waals surface area contributed by atoms with E-state index < -0.39 is 5.60 Å². The number of benzene rings is 1. The Bertz CT molecular complexity index is 583. The Balaban J connectivity index is 1.56. The monoisotopic (exact) mass is 344 g/mol. The summed E-state index contributed by atoms with van der Waals surface area (Å²) in [5.41, 5.74) is 0.686. The average Bonchev–Trinajstić information content (AvgIpc) is 2.61. The fourth-order valence-corrected chi connectivity index (χ4v) is 4.19. The summed E-state index contributed by atoms with van der Waals surface area (Å²) in [5, 5.41) is 10.0. The number of aliphatic hydroxyl groups is 1. The summed E-state index contributed by atoms with van der Waals surface area (Å²) in [6, 6.07) is 8.04. The predicted octanol–water partition coefficient (Wildman–Crippen LogP) is 3.25. The Kier molecular flexibility index (Phi) is 5.49. The first-order chi connectivity index (χ1) is 11.8. The van der Waals surface area contributed by atoms with Crippen LogP contribution in [0.4, 0.5) is 0 Å². The van der Waals surface area contributed by atoms with E-state index >= 15 is 0 Å². The molecule has 0 saturated carbocycles. The van der Waals surface area contributed by atoms with Crippen molar-refractivity contribution < 1.29 is 9.90 Å². The molecule has 25 heavy (non-hydrogen) atoms. The number of likely N-dealkylation sites (tertiary alicyclic amines) is 2. The third-order valence-electron chi connectivity index (χ3n) is 5.79. The van der Waals surface area contributed by atoms with Crippen molar-refractivity contribution in [2.24, 2.45) is 5.92 Å². The number of amides is 1. The van der Waals surface area contributed by atoms with Gasteiger partial charge in [0.15, 0.2) is 0 Å². The topological polar surface area (TPSA) is 43.8 Å². The van der Waals surface area contributed by atoms with E-state index in [1.807, 2.05) is 29.2 Å². The van der Waals surface area contributed by atoms with Gasteiger partial charge in [-0.2, -0.15) is 0 Å². The number of hydrogen-bond acceptors (Lipinski definition) is 3. The van der Waals surface area contributed by atoms with Crippen LogP contribution >= 0.6 is 0 Å². The zero-order chi connectivity index (χ0) is 18.0. The Hall–Kier alpha value is -1.39. The maximum atomic E-state index is 12.7. The number of hydrogen-bond donors (Lipinski definition) is 1. The average molecular weight is 344 g/mol. The molecule has 4 nitrogen and oxygen atoms in total. The first kappa shape index (κ1) is 18.4. The summed E-state index contributed by atoms with van der Waals surface area (Å²) in [4.78, 5) is 17.4. The standard InChI is InChI=1S/C21H32N2O2/c1-16-5-4-12-23(15-16)19-10-13-22(14-11-19)20(24)17-6-8-18(9-7-17)21(2,3)25/h6-9,16,19,25H,4-5,10-15H2,1-3H3. The lowest BCUT2D eigenvalue weighted by molar-refractivity contribution is 0.0541. The summed E-state index contributed by atoms with van der Waals surface area (Å²) in [7, 11) is 0. The molecular weight excluding hydrogens is 312 g/mol. The van der Waals surface area contributed by atoms with Crippen molar-refractivity contribution in [1.82, 2.24) is 9.80 Å². The maximum Gasteiger partial charge on any atom is 0.253 e. The molecule has 4 heteroatoms. The molecule has 1 amide bonds. The lowest BCUT2D eigenvalue weighted by atomic mass is 9.94. The van der Waals surface area contributed by atoms with Crippen molar-refractivity contribution >= 4 is 5.91 Å². The number of rotatable bonds is 3. The van der Waals surface area contributed by atoms with Crippen LogP contribution in [0.1, 0.15) is 62.4 Å². The Morgan fingerprint density at radius 1 is 1.08 bits per heavy atom. The molecule has 2 aliphatic heterocycles. The molecular formula is C21H32N2O2. The minimum absolute atomic E-state index is 0.118. The molecule has 1 N–H and O–H groups in total. The maximum absolute atomic E-state index is 12.7. The summed E-state index contributed by atoms with van der Waals surface area (Å²) >= 11 is 0. The lowest BCUT2D eigenvalue weighted by Crippen LogP contribution is -2.49. The number of carbonyl (C=O) groups is 1. The normalized spacial score (nSPS) is 23.7. The van der Waals surface area contributed by atoms with E-state index in [-0.39, 0.29) is 5.91 Å². The third-order valence-corrected chi connectivity index (χ3v) is 5.79. The zero-order valence-electron chi connectivity index (χ0n) is 15.9. The van der Waals surface area contributed by atoms with Crippen molar-refractivity contribution in [3.05, 3.63) is 35.4 Å². The van der Waals surface area contributed by atoms with E-state index in [1.165, 1.54) is 25.9 Å². The second kappa shape index (κ2) is 7.46. The van der Waals surface area contributed by atoms with Crippen LogP contribution in [0.2, 0.25) is 0 Å². The predicted molar refractivity (Wildman–Crippen MR) is 101 cm³/mol. The van der Waals surface area contributed by atoms with Crippen molar-refractivity contribution in [1.29, 1.82) is 0 Å². The van der Waals surface area contributed by atoms with E-state index in [0.717, 1.165) is 43.0 Å². The quantitative estimate of drug-likeness (QED) is 0.915. The zero-order valence-corrected chi connectivity index (χ0v) is 15.9. The first-order valence-corrected chi connectivity index (χ1v) is 9.71. The molecule has 2 fully saturated rings. The smallest absolute Gasteiger partial charge is 0.253 e. The molecule has 138 valence electrons. The molecule has 3 rings (SSSR count). The molecule has 0 aliphatic carbocycles. The molecule has 0 bridgehead atoms. The number of carbonyl (C=O) groups excluding carboxylic acids is 1. The second-order valence-electron chi connectivity index (χ2n) is 8.40. The fraction of sp³-hybridized carbons (Fsp3) is 0.667. The minimum atomic E-state index is -0.870. The van der Waals surface area contributed by atoms with Gasteiger partial charge < -0.3 is 10.0 Å². The van der Waals surface area contributed by atoms with Gasteiger partial charge in [0.05, 0.1) is 5.60 Å². The highest BCUT2D eigenvalue weighted by molar-refractivity contribution is 5.94. The van der Waals surface area contributed by atoms with Gasteiger partial charge in [-0.3, -0.25) is 9.69 Å². The van der Waals surface area contributed by atoms with Crippen LogP contribution in [0.25, 0.3) is 0 Å². The SMILES string of the molecule is CC1CCCN(C2CCN(C(=O)c3ccc(C(C)(C)O)cc3)CC2)C1. The summed E-state index contributed by atoms with van der Waals surface area (Å²) < 4.78 is 0. The Morgan fingerprint density at radius 3 is 2.28 bits per heavy atom. The van der Waals surface area contributed by atoms with Crippen molar-refractivity contribution in [3.8, 4) is 0 Å². The summed E-state index contributed by atoms with van der Waals surface area (Å²) in [5.74, 6) is 0.926. The van der Waals surface area contributed by atoms with E-state index in [2.05, 4.69) is 11.8 Å². The highest BCUT2D eigenvalue weighted by Crippen LogP contribution is 2.25. The van der Waals surface area contributed by atoms with E-state index in [9.17, 15) is 9.90 Å². The van der Waals surface area contributed by atoms with E-state index in [0.29, 0.717) is 6.04 Å². The van der Waals surface area contributed by atoms with Gasteiger partial charge >= 0.3 is 0 Å². The molecule has 0 aromatic heterocycles. The highest BCUT2D eigenvalue weighted by atomic mass is 16.3. The minimum Gasteiger partial charge on any atom is -0.386 e. The Morgan fingerprint density at radius 2 is 1.72 bits per heavy atom. The van der Waals surface area contributed by atoms with Crippen molar-refractivity contribution in [2.75, 3.05) is 26.2 Å².